The number of benzene rings is 1. The quantitative estimate of drug-likeness (QED) is 0.407. The highest BCUT2D eigenvalue weighted by atomic mass is 35.5. The molecule has 0 unspecified atom stereocenters. The van der Waals surface area contributed by atoms with E-state index in [4.69, 9.17) is 37.6 Å². The minimum atomic E-state index is -0.671. The van der Waals surface area contributed by atoms with Gasteiger partial charge in [0.1, 0.15) is 17.5 Å². The van der Waals surface area contributed by atoms with Crippen LogP contribution in [0.2, 0.25) is 10.0 Å². The summed E-state index contributed by atoms with van der Waals surface area (Å²) in [6, 6.07) is 6.95. The van der Waals surface area contributed by atoms with E-state index in [1.54, 1.807) is 0 Å². The lowest BCUT2D eigenvalue weighted by Crippen LogP contribution is -2.30. The average molecular weight is 450 g/mol. The number of urea groups is 1. The number of carbonyl (C=O) groups is 3. The fourth-order valence-electron chi connectivity index (χ4n) is 2.62. The Bertz CT molecular complexity index is 1080. The molecule has 0 radical (unpaired) electrons. The SMILES string of the molecule is COC(=O)c1ccc(CN2C(=O)N/C(=C\c3cc(Cl)c(OCC#N)c(Cl)c3)C2=O)o1. The molecule has 1 aliphatic heterocycles. The highest BCUT2D eigenvalue weighted by molar-refractivity contribution is 6.37. The fourth-order valence-corrected chi connectivity index (χ4v) is 3.23. The molecule has 9 nitrogen and oxygen atoms in total. The van der Waals surface area contributed by atoms with Crippen LogP contribution in [0.4, 0.5) is 4.79 Å². The van der Waals surface area contributed by atoms with Crippen molar-refractivity contribution >= 4 is 47.2 Å². The molecule has 2 aromatic rings. The topological polar surface area (TPSA) is 122 Å². The third-order valence-corrected chi connectivity index (χ3v) is 4.50. The van der Waals surface area contributed by atoms with E-state index in [1.807, 2.05) is 6.07 Å². The first-order valence-corrected chi connectivity index (χ1v) is 9.10. The molecule has 1 aromatic carbocycles. The van der Waals surface area contributed by atoms with Crippen LogP contribution in [-0.4, -0.2) is 36.5 Å². The first kappa shape index (κ1) is 21.2. The minimum absolute atomic E-state index is 0.00225. The van der Waals surface area contributed by atoms with E-state index in [0.717, 1.165) is 4.90 Å². The Kier molecular flexibility index (Phi) is 6.30. The number of nitrogens with one attached hydrogen (secondary N) is 1. The number of methoxy groups -OCH3 is 1. The summed E-state index contributed by atoms with van der Waals surface area (Å²) >= 11 is 12.2. The van der Waals surface area contributed by atoms with Gasteiger partial charge >= 0.3 is 12.0 Å². The molecule has 1 aliphatic rings. The lowest BCUT2D eigenvalue weighted by molar-refractivity contribution is -0.123. The zero-order valence-corrected chi connectivity index (χ0v) is 16.9. The van der Waals surface area contributed by atoms with Gasteiger partial charge in [0.05, 0.1) is 23.7 Å². The van der Waals surface area contributed by atoms with Crippen molar-refractivity contribution < 1.29 is 28.3 Å². The third kappa shape index (κ3) is 4.40. The van der Waals surface area contributed by atoms with Gasteiger partial charge in [0.2, 0.25) is 5.76 Å². The molecule has 11 heteroatoms. The number of hydrogen-bond donors (Lipinski definition) is 1. The molecule has 3 rings (SSSR count). The summed E-state index contributed by atoms with van der Waals surface area (Å²) in [6.45, 7) is -0.407. The average Bonchev–Trinajstić information content (AvgIpc) is 3.27. The molecule has 2 heterocycles. The van der Waals surface area contributed by atoms with E-state index in [-0.39, 0.29) is 46.2 Å². The summed E-state index contributed by atoms with van der Waals surface area (Å²) in [7, 11) is 1.21. The van der Waals surface area contributed by atoms with Gasteiger partial charge in [-0.15, -0.1) is 0 Å². The summed E-state index contributed by atoms with van der Waals surface area (Å²) in [4.78, 5) is 37.2. The molecule has 0 aliphatic carbocycles. The van der Waals surface area contributed by atoms with Gasteiger partial charge in [0.15, 0.2) is 12.4 Å². The molecule has 1 aromatic heterocycles. The predicted molar refractivity (Wildman–Crippen MR) is 105 cm³/mol. The molecule has 0 bridgehead atoms. The Morgan fingerprint density at radius 1 is 1.30 bits per heavy atom. The smallest absolute Gasteiger partial charge is 0.373 e. The maximum Gasteiger partial charge on any atom is 0.373 e. The Labute approximate surface area is 180 Å². The number of furan rings is 1. The van der Waals surface area contributed by atoms with E-state index >= 15 is 0 Å². The summed E-state index contributed by atoms with van der Waals surface area (Å²) < 4.78 is 15.0. The van der Waals surface area contributed by atoms with Gasteiger partial charge < -0.3 is 19.2 Å². The van der Waals surface area contributed by atoms with Crippen molar-refractivity contribution in [1.82, 2.24) is 10.2 Å². The first-order valence-electron chi connectivity index (χ1n) is 8.34. The van der Waals surface area contributed by atoms with Gasteiger partial charge in [-0.2, -0.15) is 5.26 Å². The lowest BCUT2D eigenvalue weighted by Gasteiger charge is -2.09. The number of amides is 3. The van der Waals surface area contributed by atoms with Crippen LogP contribution >= 0.6 is 23.2 Å². The Morgan fingerprint density at radius 3 is 2.63 bits per heavy atom. The van der Waals surface area contributed by atoms with Crippen molar-refractivity contribution in [2.24, 2.45) is 0 Å². The minimum Gasteiger partial charge on any atom is -0.476 e. The van der Waals surface area contributed by atoms with E-state index < -0.39 is 17.9 Å². The van der Waals surface area contributed by atoms with E-state index in [2.05, 4.69) is 10.1 Å². The number of esters is 1. The van der Waals surface area contributed by atoms with Crippen molar-refractivity contribution in [3.8, 4) is 11.8 Å². The van der Waals surface area contributed by atoms with E-state index in [9.17, 15) is 14.4 Å². The highest BCUT2D eigenvalue weighted by Gasteiger charge is 2.34. The zero-order chi connectivity index (χ0) is 21.8. The zero-order valence-electron chi connectivity index (χ0n) is 15.4. The number of imide groups is 1. The molecule has 154 valence electrons. The highest BCUT2D eigenvalue weighted by Crippen LogP contribution is 2.35. The molecule has 30 heavy (non-hydrogen) atoms. The van der Waals surface area contributed by atoms with Crippen molar-refractivity contribution in [3.63, 3.8) is 0 Å². The maximum absolute atomic E-state index is 12.6. The van der Waals surface area contributed by atoms with Crippen LogP contribution in [-0.2, 0) is 16.1 Å². The van der Waals surface area contributed by atoms with E-state index in [1.165, 1.54) is 37.5 Å². The fraction of sp³-hybridized carbons (Fsp3) is 0.158. The predicted octanol–water partition coefficient (Wildman–Crippen LogP) is 3.37. The Balaban J connectivity index is 1.79. The molecule has 1 fully saturated rings. The van der Waals surface area contributed by atoms with Crippen molar-refractivity contribution in [1.29, 1.82) is 5.26 Å². The van der Waals surface area contributed by atoms with E-state index in [0.29, 0.717) is 5.56 Å². The molecular weight excluding hydrogens is 437 g/mol. The molecule has 0 atom stereocenters. The molecule has 3 amide bonds. The van der Waals surface area contributed by atoms with Crippen LogP contribution in [0.1, 0.15) is 21.9 Å². The molecule has 1 saturated heterocycles. The number of halogens is 2. The normalized spacial score (nSPS) is 14.6. The monoisotopic (exact) mass is 449 g/mol. The number of nitriles is 1. The Hall–Kier alpha value is -3.48. The molecular formula is C19H13Cl2N3O6. The molecule has 0 saturated carbocycles. The third-order valence-electron chi connectivity index (χ3n) is 3.94. The summed E-state index contributed by atoms with van der Waals surface area (Å²) in [5, 5.41) is 11.3. The second-order valence-corrected chi connectivity index (χ2v) is 6.71. The number of rotatable bonds is 6. The number of nitrogens with zero attached hydrogens (tertiary/aromatic N) is 2. The summed E-state index contributed by atoms with van der Waals surface area (Å²) in [5.74, 6) is -0.948. The van der Waals surface area contributed by atoms with Gasteiger partial charge in [0, 0.05) is 0 Å². The number of carbonyl (C=O) groups excluding carboxylic acids is 3. The summed E-state index contributed by atoms with van der Waals surface area (Å²) in [5.41, 5.74) is 0.434. The second-order valence-electron chi connectivity index (χ2n) is 5.90. The second kappa shape index (κ2) is 8.90. The maximum atomic E-state index is 12.6. The van der Waals surface area contributed by atoms with Gasteiger partial charge in [-0.25, -0.2) is 9.59 Å². The van der Waals surface area contributed by atoms with Gasteiger partial charge in [-0.1, -0.05) is 23.2 Å². The van der Waals surface area contributed by atoms with Crippen LogP contribution < -0.4 is 10.1 Å². The van der Waals surface area contributed by atoms with Crippen LogP contribution in [0.15, 0.2) is 34.4 Å². The van der Waals surface area contributed by atoms with Crippen molar-refractivity contribution in [2.45, 2.75) is 6.54 Å². The van der Waals surface area contributed by atoms with Crippen LogP contribution in [0.3, 0.4) is 0 Å². The largest absolute Gasteiger partial charge is 0.476 e. The van der Waals surface area contributed by atoms with Crippen molar-refractivity contribution in [3.05, 3.63) is 57.1 Å². The standard InChI is InChI=1S/C19H13Cl2N3O6/c1-28-18(26)15-3-2-11(30-15)9-24-17(25)14(23-19(24)27)8-10-6-12(20)16(13(21)7-10)29-5-4-22/h2-3,6-8H,5,9H2,1H3,(H,23,27)/b14-8-. The Morgan fingerprint density at radius 2 is 2.00 bits per heavy atom. The van der Waals surface area contributed by atoms with Gasteiger partial charge in [0.25, 0.3) is 5.91 Å². The van der Waals surface area contributed by atoms with Gasteiger partial charge in [-0.3, -0.25) is 9.69 Å². The molecule has 1 N–H and O–H groups in total. The number of hydrogen-bond acceptors (Lipinski definition) is 7. The van der Waals surface area contributed by atoms with Crippen LogP contribution in [0.5, 0.6) is 5.75 Å². The molecule has 0 spiro atoms. The van der Waals surface area contributed by atoms with Crippen LogP contribution in [0.25, 0.3) is 6.08 Å². The first-order chi connectivity index (χ1) is 14.3. The number of ether oxygens (including phenoxy) is 2. The van der Waals surface area contributed by atoms with Crippen LogP contribution in [0, 0.1) is 11.3 Å². The van der Waals surface area contributed by atoms with Gasteiger partial charge in [-0.05, 0) is 35.9 Å². The van der Waals surface area contributed by atoms with Crippen molar-refractivity contribution in [2.75, 3.05) is 13.7 Å². The summed E-state index contributed by atoms with van der Waals surface area (Å²) in [6.07, 6.45) is 1.40. The lowest BCUT2D eigenvalue weighted by atomic mass is 10.1.